The second kappa shape index (κ2) is 7.35. The molecule has 0 aromatic rings. The van der Waals surface area contributed by atoms with Crippen LogP contribution < -0.4 is 0 Å². The topological polar surface area (TPSA) is 53.2 Å². The zero-order valence-electron chi connectivity index (χ0n) is 16.3. The maximum atomic E-state index is 9.91. The molecule has 0 aromatic heterocycles. The monoisotopic (exact) mass is 353 g/mol. The Morgan fingerprint density at radius 3 is 2.77 bits per heavy atom. The molecule has 0 aliphatic heterocycles. The van der Waals surface area contributed by atoms with Gasteiger partial charge in [-0.15, -0.1) is 0 Å². The Morgan fingerprint density at radius 1 is 1.35 bits per heavy atom. The molecule has 0 spiro atoms. The van der Waals surface area contributed by atoms with Crippen molar-refractivity contribution in [1.82, 2.24) is 0 Å². The molecule has 140 valence electrons. The van der Waals surface area contributed by atoms with E-state index in [2.05, 4.69) is 19.6 Å². The van der Waals surface area contributed by atoms with E-state index >= 15 is 0 Å². The van der Waals surface area contributed by atoms with E-state index in [0.29, 0.717) is 23.5 Å². The number of allylic oxidation sites excluding steroid dienone is 6. The highest BCUT2D eigenvalue weighted by atomic mass is 16.5. The number of aliphatic hydroxyl groups excluding tert-OH is 1. The quantitative estimate of drug-likeness (QED) is 0.490. The van der Waals surface area contributed by atoms with Gasteiger partial charge in [-0.3, -0.25) is 0 Å². The van der Waals surface area contributed by atoms with E-state index in [1.807, 2.05) is 12.2 Å². The Bertz CT molecular complexity index is 717. The Labute approximate surface area is 157 Å². The second-order valence-corrected chi connectivity index (χ2v) is 8.42. The molecule has 0 heterocycles. The van der Waals surface area contributed by atoms with Crippen molar-refractivity contribution in [3.8, 4) is 6.07 Å². The summed E-state index contributed by atoms with van der Waals surface area (Å²) in [5.74, 6) is 2.50. The number of rotatable bonds is 2. The first-order chi connectivity index (χ1) is 12.4. The summed E-state index contributed by atoms with van der Waals surface area (Å²) in [5, 5.41) is 19.1. The summed E-state index contributed by atoms with van der Waals surface area (Å²) in [4.78, 5) is 0. The summed E-state index contributed by atoms with van der Waals surface area (Å²) in [6, 6.07) is 2.28. The van der Waals surface area contributed by atoms with Crippen molar-refractivity contribution in [1.29, 1.82) is 5.26 Å². The highest BCUT2D eigenvalue weighted by molar-refractivity contribution is 5.40. The van der Waals surface area contributed by atoms with Gasteiger partial charge in [0.25, 0.3) is 0 Å². The van der Waals surface area contributed by atoms with Gasteiger partial charge in [-0.2, -0.15) is 5.26 Å². The fourth-order valence-corrected chi connectivity index (χ4v) is 5.88. The maximum absolute atomic E-state index is 9.91. The normalized spacial score (nSPS) is 38.2. The van der Waals surface area contributed by atoms with E-state index < -0.39 is 0 Å². The Morgan fingerprint density at radius 2 is 2.12 bits per heavy atom. The predicted molar refractivity (Wildman–Crippen MR) is 104 cm³/mol. The van der Waals surface area contributed by atoms with Gasteiger partial charge in [0.1, 0.15) is 5.76 Å². The lowest BCUT2D eigenvalue weighted by Gasteiger charge is -2.42. The van der Waals surface area contributed by atoms with E-state index in [4.69, 9.17) is 4.74 Å². The van der Waals surface area contributed by atoms with Crippen molar-refractivity contribution in [2.45, 2.75) is 58.8 Å². The molecule has 1 N–H and O–H groups in total. The van der Waals surface area contributed by atoms with Gasteiger partial charge in [-0.05, 0) is 80.3 Å². The van der Waals surface area contributed by atoms with Gasteiger partial charge in [-0.25, -0.2) is 0 Å². The summed E-state index contributed by atoms with van der Waals surface area (Å²) < 4.78 is 5.40. The zero-order chi connectivity index (χ0) is 18.9. The number of fused-ring (bicyclic) bond motifs is 3. The number of aliphatic hydroxyl groups is 1. The van der Waals surface area contributed by atoms with E-state index in [1.165, 1.54) is 42.4 Å². The lowest BCUT2D eigenvalue weighted by atomic mass is 9.62. The van der Waals surface area contributed by atoms with Crippen molar-refractivity contribution in [2.24, 2.45) is 23.2 Å². The molecule has 0 amide bonds. The van der Waals surface area contributed by atoms with E-state index in [9.17, 15) is 10.4 Å². The molecular weight excluding hydrogens is 322 g/mol. The second-order valence-electron chi connectivity index (χ2n) is 8.42. The molecule has 3 heteroatoms. The van der Waals surface area contributed by atoms with Gasteiger partial charge < -0.3 is 9.84 Å². The van der Waals surface area contributed by atoms with Crippen LogP contribution in [0.4, 0.5) is 0 Å². The molecule has 0 saturated heterocycles. The number of nitriles is 1. The number of methoxy groups -OCH3 is 1. The minimum absolute atomic E-state index is 0.172. The molecule has 4 unspecified atom stereocenters. The van der Waals surface area contributed by atoms with Crippen LogP contribution in [0, 0.1) is 34.5 Å². The fraction of sp³-hybridized carbons (Fsp3) is 0.609. The summed E-state index contributed by atoms with van der Waals surface area (Å²) in [6.45, 7) is 8.38. The summed E-state index contributed by atoms with van der Waals surface area (Å²) in [7, 11) is 1.61. The largest absolute Gasteiger partial charge is 0.509 e. The lowest BCUT2D eigenvalue weighted by molar-refractivity contribution is 0.147. The molecule has 0 radical (unpaired) electrons. The first-order valence-corrected chi connectivity index (χ1v) is 9.85. The summed E-state index contributed by atoms with van der Waals surface area (Å²) >= 11 is 0. The van der Waals surface area contributed by atoms with E-state index in [-0.39, 0.29) is 11.2 Å². The number of ether oxygens (including phenoxy) is 1. The summed E-state index contributed by atoms with van der Waals surface area (Å²) in [6.07, 6.45) is 11.8. The van der Waals surface area contributed by atoms with Crippen molar-refractivity contribution in [2.75, 3.05) is 7.11 Å². The minimum Gasteiger partial charge on any atom is -0.509 e. The van der Waals surface area contributed by atoms with Gasteiger partial charge in [-0.1, -0.05) is 31.1 Å². The minimum atomic E-state index is 0.172. The molecule has 26 heavy (non-hydrogen) atoms. The van der Waals surface area contributed by atoms with Crippen LogP contribution in [0.2, 0.25) is 0 Å². The molecule has 3 nitrogen and oxygen atoms in total. The van der Waals surface area contributed by atoms with Crippen LogP contribution in [0.1, 0.15) is 58.8 Å². The average molecular weight is 354 g/mol. The van der Waals surface area contributed by atoms with Gasteiger partial charge in [0, 0.05) is 6.08 Å². The third-order valence-electron chi connectivity index (χ3n) is 7.21. The van der Waals surface area contributed by atoms with Crippen LogP contribution in [0.5, 0.6) is 0 Å². The van der Waals surface area contributed by atoms with Crippen LogP contribution in [0.3, 0.4) is 0 Å². The van der Waals surface area contributed by atoms with E-state index in [0.717, 1.165) is 19.3 Å². The highest BCUT2D eigenvalue weighted by Crippen LogP contribution is 2.60. The Kier molecular flexibility index (Phi) is 5.32. The lowest BCUT2D eigenvalue weighted by Crippen LogP contribution is -2.34. The number of hydrogen-bond acceptors (Lipinski definition) is 3. The molecule has 3 saturated carbocycles. The van der Waals surface area contributed by atoms with Crippen molar-refractivity contribution in [3.05, 3.63) is 47.0 Å². The first kappa shape index (κ1) is 18.8. The predicted octanol–water partition coefficient (Wildman–Crippen LogP) is 5.98. The standard InChI is InChI=1S/C23H31NO2/c1-15-7-9-19-18(20(15)14-22(26-4)16(2)25)6-5-12-23(3)17(11-13-24)8-10-21(19)23/h11,14,18-19,21,25H,1,5-10,12H2,2-4H3/b17-11+,20-14+,22-16-. The van der Waals surface area contributed by atoms with Crippen LogP contribution >= 0.6 is 0 Å². The molecule has 3 rings (SSSR count). The molecule has 3 aliphatic rings. The first-order valence-electron chi connectivity index (χ1n) is 9.85. The fourth-order valence-electron chi connectivity index (χ4n) is 5.88. The van der Waals surface area contributed by atoms with Crippen molar-refractivity contribution < 1.29 is 9.84 Å². The smallest absolute Gasteiger partial charge is 0.156 e. The van der Waals surface area contributed by atoms with Crippen LogP contribution in [-0.4, -0.2) is 12.2 Å². The molecule has 0 aromatic carbocycles. The molecule has 0 bridgehead atoms. The third kappa shape index (κ3) is 3.11. The molecular formula is C23H31NO2. The average Bonchev–Trinajstić information content (AvgIpc) is 2.83. The van der Waals surface area contributed by atoms with Gasteiger partial charge >= 0.3 is 0 Å². The molecule has 3 aliphatic carbocycles. The Balaban J connectivity index is 2.00. The summed E-state index contributed by atoms with van der Waals surface area (Å²) in [5.41, 5.74) is 4.00. The van der Waals surface area contributed by atoms with Crippen molar-refractivity contribution in [3.63, 3.8) is 0 Å². The SMILES string of the molecule is C=C1CCC2C(CCCC3(C)/C(=C/C#N)CCC23)/C1=C/C(OC)=C(\C)O. The number of hydrogen-bond donors (Lipinski definition) is 1. The zero-order valence-corrected chi connectivity index (χ0v) is 16.3. The van der Waals surface area contributed by atoms with Gasteiger partial charge in [0.05, 0.1) is 13.2 Å². The number of nitrogens with zero attached hydrogens (tertiary/aromatic N) is 1. The van der Waals surface area contributed by atoms with E-state index in [1.54, 1.807) is 14.0 Å². The third-order valence-corrected chi connectivity index (χ3v) is 7.21. The van der Waals surface area contributed by atoms with Gasteiger partial charge in [0.15, 0.2) is 5.76 Å². The molecule has 3 fully saturated rings. The van der Waals surface area contributed by atoms with Crippen LogP contribution in [0.25, 0.3) is 0 Å². The molecule has 4 atom stereocenters. The highest BCUT2D eigenvalue weighted by Gasteiger charge is 2.50. The van der Waals surface area contributed by atoms with Crippen molar-refractivity contribution >= 4 is 0 Å². The van der Waals surface area contributed by atoms with Crippen LogP contribution in [-0.2, 0) is 4.74 Å². The Hall–Kier alpha value is -1.95. The van der Waals surface area contributed by atoms with Gasteiger partial charge in [0.2, 0.25) is 0 Å². The van der Waals surface area contributed by atoms with Crippen LogP contribution in [0.15, 0.2) is 47.0 Å². The maximum Gasteiger partial charge on any atom is 0.156 e.